The van der Waals surface area contributed by atoms with Gasteiger partial charge >= 0.3 is 5.97 Å². The number of ketones is 1. The fourth-order valence-corrected chi connectivity index (χ4v) is 7.46. The molecule has 0 bridgehead atoms. The summed E-state index contributed by atoms with van der Waals surface area (Å²) in [5, 5.41) is 8.29. The summed E-state index contributed by atoms with van der Waals surface area (Å²) in [6.07, 6.45) is 10.3. The van der Waals surface area contributed by atoms with Crippen molar-refractivity contribution in [3.05, 3.63) is 94.2 Å². The quantitative estimate of drug-likeness (QED) is 0.161. The van der Waals surface area contributed by atoms with Crippen LogP contribution in [0.4, 0.5) is 17.1 Å². The number of allylic oxidation sites excluding steroid dienone is 2. The minimum Gasteiger partial charge on any atom is -0.465 e. The lowest BCUT2D eigenvalue weighted by atomic mass is 9.82. The van der Waals surface area contributed by atoms with Crippen molar-refractivity contribution >= 4 is 58.5 Å². The maximum Gasteiger partial charge on any atom is 0.340 e. The molecule has 0 radical (unpaired) electrons. The Morgan fingerprint density at radius 1 is 0.902 bits per heavy atom. The van der Waals surface area contributed by atoms with Crippen molar-refractivity contribution in [2.24, 2.45) is 27.1 Å². The highest BCUT2D eigenvalue weighted by molar-refractivity contribution is 6.12. The summed E-state index contributed by atoms with van der Waals surface area (Å²) in [7, 11) is 6.46. The molecule has 2 atom stereocenters. The van der Waals surface area contributed by atoms with Gasteiger partial charge in [-0.15, -0.1) is 0 Å². The number of aromatic amines is 1. The molecule has 15 heteroatoms. The molecule has 1 aliphatic heterocycles. The number of nitrogens with one attached hydrogen (secondary N) is 4. The second kappa shape index (κ2) is 11.9. The number of amides is 4. The molecule has 4 N–H and O–H groups in total. The Bertz CT molecular complexity index is 2280. The van der Waals surface area contributed by atoms with Gasteiger partial charge in [0, 0.05) is 93.4 Å². The molecule has 2 fully saturated rings. The van der Waals surface area contributed by atoms with E-state index >= 15 is 0 Å². The van der Waals surface area contributed by atoms with Crippen molar-refractivity contribution in [1.82, 2.24) is 23.6 Å². The SMILES string of the molecule is COC(=O)c1c(C)[nH]c2c1[C@@]13CC1CN(C(=O)/C=C/c1cc(NC(=O)c4cc(NC(=O)c5cc(NC(C)=O)cn5C)cn4C)cn1C)C3=CC2=O. The van der Waals surface area contributed by atoms with Crippen molar-refractivity contribution < 1.29 is 33.5 Å². The van der Waals surface area contributed by atoms with Crippen molar-refractivity contribution in [3.8, 4) is 0 Å². The van der Waals surface area contributed by atoms with E-state index in [1.165, 1.54) is 26.2 Å². The monoisotopic (exact) mass is 692 g/mol. The number of carbonyl (C=O) groups excluding carboxylic acids is 6. The molecular formula is C36H36N8O7. The van der Waals surface area contributed by atoms with Crippen LogP contribution in [0.25, 0.3) is 6.08 Å². The lowest BCUT2D eigenvalue weighted by Crippen LogP contribution is -2.33. The maximum absolute atomic E-state index is 13.5. The average molecular weight is 693 g/mol. The number of methoxy groups -OCH3 is 1. The second-order valence-electron chi connectivity index (χ2n) is 13.2. The van der Waals surface area contributed by atoms with Crippen LogP contribution in [0, 0.1) is 12.8 Å². The third-order valence-electron chi connectivity index (χ3n) is 9.81. The number of anilines is 3. The van der Waals surface area contributed by atoms with E-state index in [2.05, 4.69) is 20.9 Å². The van der Waals surface area contributed by atoms with E-state index in [4.69, 9.17) is 4.74 Å². The van der Waals surface area contributed by atoms with E-state index in [9.17, 15) is 28.8 Å². The number of H-pyrrole nitrogens is 1. The molecule has 7 rings (SSSR count). The van der Waals surface area contributed by atoms with Gasteiger partial charge in [0.05, 0.1) is 35.4 Å². The molecule has 51 heavy (non-hydrogen) atoms. The standard InChI is InChI=1S/C36H36N8O7/c1-18-30(35(50)51-6)31-32(37-18)27(46)12-28-36(31)13-20(36)14-44(28)29(47)8-7-24-9-21(15-41(24)3)39-33(48)26-11-23(17-43(26)5)40-34(49)25-10-22(16-42(25)4)38-19(2)45/h7-12,15-17,20,37H,13-14H2,1-6H3,(H,38,45)(H,39,48)(H,40,49)/b8-7+/t20?,36-/m0/s1. The molecule has 1 unspecified atom stereocenters. The van der Waals surface area contributed by atoms with Gasteiger partial charge in [-0.1, -0.05) is 0 Å². The molecule has 15 nitrogen and oxygen atoms in total. The van der Waals surface area contributed by atoms with E-state index in [1.54, 1.807) is 89.5 Å². The largest absolute Gasteiger partial charge is 0.465 e. The topological polar surface area (TPSA) is 182 Å². The highest BCUT2D eigenvalue weighted by atomic mass is 16.5. The Morgan fingerprint density at radius 2 is 1.49 bits per heavy atom. The van der Waals surface area contributed by atoms with Gasteiger partial charge in [-0.25, -0.2) is 4.79 Å². The van der Waals surface area contributed by atoms with Crippen molar-refractivity contribution in [1.29, 1.82) is 0 Å². The predicted octanol–water partition coefficient (Wildman–Crippen LogP) is 3.48. The first-order chi connectivity index (χ1) is 24.2. The van der Waals surface area contributed by atoms with Crippen LogP contribution in [-0.2, 0) is 40.9 Å². The van der Waals surface area contributed by atoms with Gasteiger partial charge in [0.15, 0.2) is 0 Å². The molecule has 1 saturated heterocycles. The van der Waals surface area contributed by atoms with Gasteiger partial charge in [-0.2, -0.15) is 0 Å². The van der Waals surface area contributed by atoms with E-state index in [0.29, 0.717) is 68.9 Å². The number of rotatable bonds is 8. The van der Waals surface area contributed by atoms with Crippen LogP contribution in [0.2, 0.25) is 0 Å². The van der Waals surface area contributed by atoms with E-state index in [-0.39, 0.29) is 23.5 Å². The number of carbonyl (C=O) groups is 6. The third-order valence-corrected chi connectivity index (χ3v) is 9.81. The molecule has 4 amide bonds. The minimum atomic E-state index is -0.582. The van der Waals surface area contributed by atoms with Gasteiger partial charge in [-0.05, 0) is 43.5 Å². The second-order valence-corrected chi connectivity index (χ2v) is 13.2. The van der Waals surface area contributed by atoms with Crippen molar-refractivity contribution in [2.75, 3.05) is 29.6 Å². The fourth-order valence-electron chi connectivity index (χ4n) is 7.46. The zero-order valence-corrected chi connectivity index (χ0v) is 28.8. The summed E-state index contributed by atoms with van der Waals surface area (Å²) in [4.78, 5) is 81.6. The summed E-state index contributed by atoms with van der Waals surface area (Å²) in [5.41, 5.74) is 4.59. The molecule has 262 valence electrons. The van der Waals surface area contributed by atoms with Crippen LogP contribution in [-0.4, -0.2) is 72.6 Å². The van der Waals surface area contributed by atoms with Crippen LogP contribution in [0.3, 0.4) is 0 Å². The van der Waals surface area contributed by atoms with Gasteiger partial charge in [0.25, 0.3) is 17.7 Å². The number of aryl methyl sites for hydroxylation is 4. The van der Waals surface area contributed by atoms with E-state index < -0.39 is 23.2 Å². The summed E-state index contributed by atoms with van der Waals surface area (Å²) in [6.45, 7) is 3.54. The van der Waals surface area contributed by atoms with E-state index in [1.807, 2.05) is 0 Å². The number of likely N-dealkylation sites (tertiary alicyclic amines) is 1. The number of ether oxygens (including phenoxy) is 1. The summed E-state index contributed by atoms with van der Waals surface area (Å²) in [5.74, 6) is -2.11. The third kappa shape index (κ3) is 5.46. The Labute approximate surface area is 291 Å². The first-order valence-electron chi connectivity index (χ1n) is 16.2. The molecular weight excluding hydrogens is 656 g/mol. The lowest BCUT2D eigenvalue weighted by molar-refractivity contribution is -0.124. The highest BCUT2D eigenvalue weighted by Crippen LogP contribution is 2.67. The molecule has 2 aliphatic carbocycles. The van der Waals surface area contributed by atoms with Gasteiger partial charge in [-0.3, -0.25) is 24.0 Å². The number of nitrogens with zero attached hydrogens (tertiary/aromatic N) is 4. The molecule has 1 saturated carbocycles. The first-order valence-corrected chi connectivity index (χ1v) is 16.2. The van der Waals surface area contributed by atoms with Gasteiger partial charge < -0.3 is 44.3 Å². The number of hydrogen-bond donors (Lipinski definition) is 4. The summed E-state index contributed by atoms with van der Waals surface area (Å²) >= 11 is 0. The molecule has 4 aromatic heterocycles. The fraction of sp³-hybridized carbons (Fsp3) is 0.278. The van der Waals surface area contributed by atoms with Crippen molar-refractivity contribution in [2.45, 2.75) is 25.7 Å². The average Bonchev–Trinajstić information content (AvgIpc) is 3.54. The minimum absolute atomic E-state index is 0.0794. The zero-order chi connectivity index (χ0) is 36.5. The van der Waals surface area contributed by atoms with Crippen LogP contribution in [0.15, 0.2) is 54.6 Å². The predicted molar refractivity (Wildman–Crippen MR) is 186 cm³/mol. The number of piperidine rings is 1. The Balaban J connectivity index is 1.02. The van der Waals surface area contributed by atoms with Gasteiger partial charge in [0.1, 0.15) is 11.4 Å². The highest BCUT2D eigenvalue weighted by Gasteiger charge is 2.68. The Morgan fingerprint density at radius 3 is 2.10 bits per heavy atom. The number of esters is 1. The van der Waals surface area contributed by atoms with Crippen molar-refractivity contribution in [3.63, 3.8) is 0 Å². The first kappa shape index (κ1) is 33.1. The van der Waals surface area contributed by atoms with Crippen LogP contribution < -0.4 is 16.0 Å². The molecule has 5 heterocycles. The van der Waals surface area contributed by atoms with Crippen LogP contribution in [0.1, 0.15) is 72.1 Å². The molecule has 3 aliphatic rings. The summed E-state index contributed by atoms with van der Waals surface area (Å²) in [6, 6.07) is 4.83. The normalized spacial score (nSPS) is 18.5. The number of fused-ring (bicyclic) bond motifs is 1. The van der Waals surface area contributed by atoms with E-state index in [0.717, 1.165) is 6.42 Å². The Kier molecular flexibility index (Phi) is 7.73. The number of hydrogen-bond acceptors (Lipinski definition) is 7. The summed E-state index contributed by atoms with van der Waals surface area (Å²) < 4.78 is 9.96. The smallest absolute Gasteiger partial charge is 0.340 e. The van der Waals surface area contributed by atoms with Gasteiger partial charge in [0.2, 0.25) is 11.7 Å². The maximum atomic E-state index is 13.5. The molecule has 4 aromatic rings. The lowest BCUT2D eigenvalue weighted by Gasteiger charge is -2.27. The Hall–Kier alpha value is -6.38. The molecule has 1 spiro atoms. The molecule has 0 aromatic carbocycles. The zero-order valence-electron chi connectivity index (χ0n) is 28.8. The van der Waals surface area contributed by atoms with Crippen LogP contribution >= 0.6 is 0 Å². The van der Waals surface area contributed by atoms with Crippen LogP contribution in [0.5, 0.6) is 0 Å². The number of aromatic nitrogens is 4.